The first-order valence-corrected chi connectivity index (χ1v) is 24.8. The Bertz CT molecular complexity index is 2160. The lowest BCUT2D eigenvalue weighted by molar-refractivity contribution is -0.142. The number of nitrogens with zero attached hydrogens (tertiary/aromatic N) is 2. The van der Waals surface area contributed by atoms with Gasteiger partial charge in [-0.2, -0.15) is 0 Å². The number of likely N-dealkylation sites (N-methyl/N-ethyl adjacent to an activating group) is 2. The molecule has 20 nitrogen and oxygen atoms in total. The summed E-state index contributed by atoms with van der Waals surface area (Å²) in [5.74, 6) is -6.75. The predicted molar refractivity (Wildman–Crippen MR) is 250 cm³/mol. The molecule has 3 rings (SSSR count). The number of aromatic hydroxyl groups is 2. The number of fused-ring (bicyclic) bond motifs is 5. The Morgan fingerprint density at radius 1 is 0.791 bits per heavy atom. The summed E-state index contributed by atoms with van der Waals surface area (Å²) in [5.41, 5.74) is 6.42. The minimum absolute atomic E-state index is 0.00455. The zero-order valence-electron chi connectivity index (χ0n) is 39.3. The van der Waals surface area contributed by atoms with Crippen LogP contribution in [0.25, 0.3) is 11.1 Å². The summed E-state index contributed by atoms with van der Waals surface area (Å²) in [6.07, 6.45) is 13.8. The van der Waals surface area contributed by atoms with Gasteiger partial charge < -0.3 is 52.1 Å². The molecular weight excluding hydrogens is 889 g/mol. The highest BCUT2D eigenvalue weighted by atomic mass is 32.2. The quantitative estimate of drug-likeness (QED) is 0.0536. The molecule has 1 aliphatic rings. The second-order valence-corrected chi connectivity index (χ2v) is 18.9. The van der Waals surface area contributed by atoms with E-state index in [0.29, 0.717) is 12.0 Å². The number of nitrogens with two attached hydrogens (primary N) is 1. The van der Waals surface area contributed by atoms with Crippen LogP contribution in [-0.4, -0.2) is 133 Å². The summed E-state index contributed by atoms with van der Waals surface area (Å²) < 4.78 is 25.6. The third-order valence-corrected chi connectivity index (χ3v) is 12.2. The number of hydrogen-bond donors (Lipinski definition) is 9. The number of amides is 7. The monoisotopic (exact) mass is 958 g/mol. The number of rotatable bonds is 24. The molecule has 5 atom stereocenters. The summed E-state index contributed by atoms with van der Waals surface area (Å²) >= 11 is 0. The van der Waals surface area contributed by atoms with Crippen molar-refractivity contribution in [2.24, 2.45) is 5.73 Å². The van der Waals surface area contributed by atoms with Crippen LogP contribution in [0, 0.1) is 0 Å². The molecule has 21 heteroatoms. The van der Waals surface area contributed by atoms with Crippen LogP contribution >= 0.6 is 0 Å². The van der Waals surface area contributed by atoms with Crippen molar-refractivity contribution in [1.82, 2.24) is 35.8 Å². The number of sulfonamides is 1. The normalized spacial score (nSPS) is 17.1. The topological polar surface area (TPSA) is 307 Å². The molecule has 0 radical (unpaired) electrons. The summed E-state index contributed by atoms with van der Waals surface area (Å²) in [6.45, 7) is 1.99. The number of nitrogens with one attached hydrogen (secondary N) is 5. The van der Waals surface area contributed by atoms with Gasteiger partial charge >= 0.3 is 0 Å². The van der Waals surface area contributed by atoms with E-state index in [1.165, 1.54) is 109 Å². The molecule has 10 N–H and O–H groups in total. The van der Waals surface area contributed by atoms with Crippen LogP contribution in [0.4, 0.5) is 0 Å². The van der Waals surface area contributed by atoms with Crippen molar-refractivity contribution in [2.45, 2.75) is 140 Å². The Hall–Kier alpha value is -5.80. The first-order valence-electron chi connectivity index (χ1n) is 22.9. The fraction of sp³-hybridized carbons (Fsp3) is 0.587. The molecule has 0 saturated heterocycles. The van der Waals surface area contributed by atoms with E-state index in [1.807, 2.05) is 4.72 Å². The second-order valence-electron chi connectivity index (χ2n) is 17.2. The molecule has 4 bridgehead atoms. The van der Waals surface area contributed by atoms with Gasteiger partial charge in [0.05, 0.1) is 19.4 Å². The highest BCUT2D eigenvalue weighted by Crippen LogP contribution is 2.38. The third kappa shape index (κ3) is 17.7. The molecule has 7 amide bonds. The minimum Gasteiger partial charge on any atom is -0.507 e. The van der Waals surface area contributed by atoms with Crippen molar-refractivity contribution in [1.29, 1.82) is 0 Å². The zero-order chi connectivity index (χ0) is 49.8. The van der Waals surface area contributed by atoms with E-state index in [-0.39, 0.29) is 46.9 Å². The minimum atomic E-state index is -4.06. The maximum absolute atomic E-state index is 14.0. The van der Waals surface area contributed by atoms with Crippen LogP contribution in [0.15, 0.2) is 36.4 Å². The van der Waals surface area contributed by atoms with Crippen LogP contribution in [0.3, 0.4) is 0 Å². The van der Waals surface area contributed by atoms with Gasteiger partial charge in [-0.1, -0.05) is 96.1 Å². The Labute approximate surface area is 393 Å². The lowest BCUT2D eigenvalue weighted by atomic mass is 9.94. The maximum Gasteiger partial charge on any atom is 0.257 e. The Morgan fingerprint density at radius 2 is 1.34 bits per heavy atom. The van der Waals surface area contributed by atoms with Gasteiger partial charge in [0.1, 0.15) is 35.7 Å². The Balaban J connectivity index is 1.65. The molecular formula is C46H70N8O12S. The standard InChI is InChI=1S/C46H70N8O12S/c1-6-7-8-9-10-11-12-13-14-15-16-17-18-19-38(58)53(3)35(28-55)44(62)51-41(47)46(64)48-27-39(59)54(4)40-31-21-23-37(57)33(26-31)32-24-30(20-22-36(32)56)25-34(43(61)52-67(5,65)66)50-42(60)29(2)49-45(40)63/h20-24,26,29,34-35,40-41,55-57H,6-19,25,27-28,47H2,1-5H3,(H,48,64)(H,49,63)(H,50,60)(H,51,62)(H,52,61)/t29-,34-,35+,40-,41-/m0/s1. The molecule has 372 valence electrons. The molecule has 2 aromatic rings. The average molecular weight is 959 g/mol. The lowest BCUT2D eigenvalue weighted by Crippen LogP contribution is -2.59. The first kappa shape index (κ1) is 55.5. The molecule has 0 aliphatic carbocycles. The second kappa shape index (κ2) is 27.1. The van der Waals surface area contributed by atoms with Crippen LogP contribution < -0.4 is 31.7 Å². The van der Waals surface area contributed by atoms with Gasteiger partial charge in [0.25, 0.3) is 11.8 Å². The van der Waals surface area contributed by atoms with Crippen molar-refractivity contribution < 1.29 is 57.3 Å². The van der Waals surface area contributed by atoms with Gasteiger partial charge in [-0.25, -0.2) is 8.42 Å². The van der Waals surface area contributed by atoms with Crippen molar-refractivity contribution in [2.75, 3.05) is 33.5 Å². The number of unbranched alkanes of at least 4 members (excludes halogenated alkanes) is 12. The third-order valence-electron chi connectivity index (χ3n) is 11.7. The molecule has 67 heavy (non-hydrogen) atoms. The van der Waals surface area contributed by atoms with E-state index in [9.17, 15) is 57.3 Å². The molecule has 0 spiro atoms. The van der Waals surface area contributed by atoms with E-state index in [2.05, 4.69) is 28.2 Å². The number of carbonyl (C=O) groups excluding carboxylic acids is 7. The number of aliphatic hydroxyl groups is 1. The average Bonchev–Trinajstić information content (AvgIpc) is 3.27. The van der Waals surface area contributed by atoms with E-state index in [0.717, 1.165) is 41.7 Å². The summed E-state index contributed by atoms with van der Waals surface area (Å²) in [4.78, 5) is 95.2. The molecule has 1 aliphatic heterocycles. The summed E-state index contributed by atoms with van der Waals surface area (Å²) in [7, 11) is -1.47. The number of aliphatic hydroxyl groups excluding tert-OH is 1. The molecule has 0 aromatic heterocycles. The van der Waals surface area contributed by atoms with Crippen LogP contribution in [0.1, 0.15) is 121 Å². The number of hydrogen-bond acceptors (Lipinski definition) is 13. The summed E-state index contributed by atoms with van der Waals surface area (Å²) in [5, 5.41) is 41.3. The van der Waals surface area contributed by atoms with Crippen molar-refractivity contribution in [3.05, 3.63) is 47.5 Å². The molecule has 2 aromatic carbocycles. The first-order chi connectivity index (χ1) is 31.7. The number of phenolic OH excluding ortho intramolecular Hbond substituents is 2. The number of phenols is 2. The molecule has 1 heterocycles. The molecule has 0 fully saturated rings. The van der Waals surface area contributed by atoms with Gasteiger partial charge in [-0.15, -0.1) is 0 Å². The van der Waals surface area contributed by atoms with Gasteiger partial charge in [0, 0.05) is 38.1 Å². The SMILES string of the molecule is CCCCCCCCCCCCCCCC(=O)N(C)[C@H](CO)C(=O)N[C@H](N)C(=O)NCC(=O)N(C)[C@@H]1C(=O)N[C@@H](C)C(=O)N[C@H](C(=O)NS(C)(=O)=O)Cc2ccc(O)c(c2)-c2cc1ccc2O. The van der Waals surface area contributed by atoms with E-state index in [4.69, 9.17) is 5.73 Å². The highest BCUT2D eigenvalue weighted by Gasteiger charge is 2.34. The van der Waals surface area contributed by atoms with Gasteiger partial charge in [-0.3, -0.25) is 38.3 Å². The lowest BCUT2D eigenvalue weighted by Gasteiger charge is -2.30. The molecule has 0 unspecified atom stereocenters. The molecule has 0 saturated carbocycles. The van der Waals surface area contributed by atoms with Crippen molar-refractivity contribution >= 4 is 51.4 Å². The largest absolute Gasteiger partial charge is 0.507 e. The maximum atomic E-state index is 14.0. The summed E-state index contributed by atoms with van der Waals surface area (Å²) in [6, 6.07) is 2.21. The van der Waals surface area contributed by atoms with E-state index < -0.39 is 89.0 Å². The van der Waals surface area contributed by atoms with E-state index >= 15 is 0 Å². The van der Waals surface area contributed by atoms with Gasteiger partial charge in [-0.05, 0) is 48.7 Å². The Kier molecular flexibility index (Phi) is 22.5. The fourth-order valence-corrected chi connectivity index (χ4v) is 8.16. The highest BCUT2D eigenvalue weighted by molar-refractivity contribution is 7.89. The van der Waals surface area contributed by atoms with Gasteiger partial charge in [0.2, 0.25) is 39.6 Å². The fourth-order valence-electron chi connectivity index (χ4n) is 7.65. The van der Waals surface area contributed by atoms with Gasteiger partial charge in [0.15, 0.2) is 6.17 Å². The predicted octanol–water partition coefficient (Wildman–Crippen LogP) is 1.70. The zero-order valence-corrected chi connectivity index (χ0v) is 40.1. The van der Waals surface area contributed by atoms with Crippen LogP contribution in [0.2, 0.25) is 0 Å². The number of carbonyl (C=O) groups is 7. The smallest absolute Gasteiger partial charge is 0.257 e. The van der Waals surface area contributed by atoms with E-state index in [1.54, 1.807) is 0 Å². The number of benzene rings is 2. The van der Waals surface area contributed by atoms with Crippen molar-refractivity contribution in [3.8, 4) is 22.6 Å². The van der Waals surface area contributed by atoms with Crippen molar-refractivity contribution in [3.63, 3.8) is 0 Å². The Morgan fingerprint density at radius 3 is 1.91 bits per heavy atom. The van der Waals surface area contributed by atoms with Crippen LogP contribution in [0.5, 0.6) is 11.5 Å². The van der Waals surface area contributed by atoms with Crippen LogP contribution in [-0.2, 0) is 50.0 Å².